The number of sulfonamides is 1. The first-order valence-corrected chi connectivity index (χ1v) is 9.19. The Morgan fingerprint density at radius 3 is 2.17 bits per heavy atom. The van der Waals surface area contributed by atoms with Crippen molar-refractivity contribution >= 4 is 15.9 Å². The number of carbonyl (C=O) groups excluding carboxylic acids is 1. The molecule has 0 radical (unpaired) electrons. The lowest BCUT2D eigenvalue weighted by molar-refractivity contribution is -0.139. The predicted molar refractivity (Wildman–Crippen MR) is 79.0 cm³/mol. The maximum absolute atomic E-state index is 13.8. The fraction of sp³-hybridized carbons (Fsp3) is 0.533. The van der Waals surface area contributed by atoms with E-state index in [0.29, 0.717) is 6.07 Å². The van der Waals surface area contributed by atoms with E-state index in [2.05, 4.69) is 0 Å². The van der Waals surface area contributed by atoms with Gasteiger partial charge in [-0.15, -0.1) is 0 Å². The number of nitrogens with zero attached hydrogens (tertiary/aromatic N) is 2. The number of piperazine rings is 1. The van der Waals surface area contributed by atoms with Crippen LogP contribution in [0, 0.1) is 23.4 Å². The Labute approximate surface area is 138 Å². The van der Waals surface area contributed by atoms with Gasteiger partial charge in [0.25, 0.3) is 0 Å². The number of benzene rings is 1. The molecule has 132 valence electrons. The summed E-state index contributed by atoms with van der Waals surface area (Å²) < 4.78 is 66.0. The molecule has 0 bridgehead atoms. The quantitative estimate of drug-likeness (QED) is 0.770. The third-order valence-electron chi connectivity index (χ3n) is 4.62. The minimum absolute atomic E-state index is 0.000765. The van der Waals surface area contributed by atoms with Crippen molar-refractivity contribution in [3.05, 3.63) is 29.6 Å². The van der Waals surface area contributed by atoms with E-state index in [4.69, 9.17) is 0 Å². The summed E-state index contributed by atoms with van der Waals surface area (Å²) in [4.78, 5) is 12.9. The highest BCUT2D eigenvalue weighted by Gasteiger charge is 2.36. The molecule has 1 aromatic carbocycles. The third-order valence-corrected chi connectivity index (χ3v) is 6.54. The lowest BCUT2D eigenvalue weighted by Crippen LogP contribution is -2.52. The molecule has 0 aromatic heterocycles. The van der Waals surface area contributed by atoms with Crippen LogP contribution in [0.3, 0.4) is 0 Å². The summed E-state index contributed by atoms with van der Waals surface area (Å²) in [5, 5.41) is 0. The molecule has 24 heavy (non-hydrogen) atoms. The van der Waals surface area contributed by atoms with E-state index >= 15 is 0 Å². The molecule has 3 rings (SSSR count). The van der Waals surface area contributed by atoms with Gasteiger partial charge in [-0.05, 0) is 25.0 Å². The van der Waals surface area contributed by atoms with Crippen LogP contribution in [0.1, 0.15) is 19.3 Å². The topological polar surface area (TPSA) is 57.7 Å². The minimum atomic E-state index is -4.28. The van der Waals surface area contributed by atoms with Crippen molar-refractivity contribution in [2.45, 2.75) is 24.2 Å². The van der Waals surface area contributed by atoms with Crippen molar-refractivity contribution in [3.63, 3.8) is 0 Å². The number of amides is 1. The summed E-state index contributed by atoms with van der Waals surface area (Å²) in [6.45, 7) is 0.415. The molecule has 1 aromatic rings. The van der Waals surface area contributed by atoms with Gasteiger partial charge >= 0.3 is 0 Å². The smallest absolute Gasteiger partial charge is 0.246 e. The molecule has 1 amide bonds. The molecule has 1 saturated carbocycles. The fourth-order valence-electron chi connectivity index (χ4n) is 2.91. The number of rotatable bonds is 3. The monoisotopic (exact) mass is 362 g/mol. The zero-order valence-corrected chi connectivity index (χ0v) is 13.7. The first-order valence-electron chi connectivity index (χ1n) is 7.75. The Hall–Kier alpha value is -1.61. The molecule has 1 saturated heterocycles. The fourth-order valence-corrected chi connectivity index (χ4v) is 4.39. The van der Waals surface area contributed by atoms with Gasteiger partial charge in [-0.1, -0.05) is 6.42 Å². The summed E-state index contributed by atoms with van der Waals surface area (Å²) in [7, 11) is -4.28. The first-order chi connectivity index (χ1) is 11.3. The number of carbonyl (C=O) groups is 1. The van der Waals surface area contributed by atoms with E-state index in [1.807, 2.05) is 0 Å². The Morgan fingerprint density at radius 1 is 1.00 bits per heavy atom. The van der Waals surface area contributed by atoms with Gasteiger partial charge in [-0.2, -0.15) is 4.31 Å². The van der Waals surface area contributed by atoms with Crippen molar-refractivity contribution in [1.29, 1.82) is 0 Å². The summed E-state index contributed by atoms with van der Waals surface area (Å²) in [5.41, 5.74) is 0. The summed E-state index contributed by atoms with van der Waals surface area (Å²) in [5.74, 6) is -4.92. The van der Waals surface area contributed by atoms with Gasteiger partial charge in [-0.25, -0.2) is 21.6 Å². The van der Waals surface area contributed by atoms with Crippen LogP contribution in [0.2, 0.25) is 0 Å². The standard InChI is InChI=1S/C15H17F3N2O3S/c16-11-4-5-12(14(18)13(11)17)24(22,23)20-8-6-19(7-9-20)15(21)10-2-1-3-10/h4-5,10H,1-3,6-9H2. The average Bonchev–Trinajstić information content (AvgIpc) is 2.51. The van der Waals surface area contributed by atoms with Crippen molar-refractivity contribution in [2.24, 2.45) is 5.92 Å². The zero-order chi connectivity index (χ0) is 17.5. The van der Waals surface area contributed by atoms with Crippen molar-refractivity contribution in [3.8, 4) is 0 Å². The molecule has 0 atom stereocenters. The predicted octanol–water partition coefficient (Wildman–Crippen LogP) is 1.74. The van der Waals surface area contributed by atoms with Crippen LogP contribution < -0.4 is 0 Å². The van der Waals surface area contributed by atoms with Crippen LogP contribution in [0.15, 0.2) is 17.0 Å². The van der Waals surface area contributed by atoms with Gasteiger partial charge in [-0.3, -0.25) is 4.79 Å². The minimum Gasteiger partial charge on any atom is -0.340 e. The molecule has 5 nitrogen and oxygen atoms in total. The van der Waals surface area contributed by atoms with Gasteiger partial charge in [0.15, 0.2) is 17.5 Å². The summed E-state index contributed by atoms with van der Waals surface area (Å²) in [6.07, 6.45) is 2.75. The molecule has 0 unspecified atom stereocenters. The molecule has 9 heteroatoms. The van der Waals surface area contributed by atoms with Crippen LogP contribution in [-0.2, 0) is 14.8 Å². The molecule has 0 spiro atoms. The van der Waals surface area contributed by atoms with Crippen LogP contribution in [0.4, 0.5) is 13.2 Å². The highest BCUT2D eigenvalue weighted by molar-refractivity contribution is 7.89. The highest BCUT2D eigenvalue weighted by Crippen LogP contribution is 2.29. The van der Waals surface area contributed by atoms with E-state index in [0.717, 1.165) is 29.6 Å². The lowest BCUT2D eigenvalue weighted by Gasteiger charge is -2.37. The van der Waals surface area contributed by atoms with Crippen LogP contribution in [0.5, 0.6) is 0 Å². The third kappa shape index (κ3) is 2.90. The Kier molecular flexibility index (Phi) is 4.56. The molecule has 1 aliphatic heterocycles. The molecular formula is C15H17F3N2O3S. The second-order valence-corrected chi connectivity index (χ2v) is 7.94. The van der Waals surface area contributed by atoms with E-state index in [-0.39, 0.29) is 38.0 Å². The van der Waals surface area contributed by atoms with Crippen LogP contribution in [0.25, 0.3) is 0 Å². The number of hydrogen-bond donors (Lipinski definition) is 0. The van der Waals surface area contributed by atoms with Gasteiger partial charge in [0.2, 0.25) is 15.9 Å². The van der Waals surface area contributed by atoms with Crippen LogP contribution in [-0.4, -0.2) is 49.7 Å². The average molecular weight is 362 g/mol. The second-order valence-electron chi connectivity index (χ2n) is 6.03. The zero-order valence-electron chi connectivity index (χ0n) is 12.8. The van der Waals surface area contributed by atoms with Crippen molar-refractivity contribution in [1.82, 2.24) is 9.21 Å². The Bertz CT molecular complexity index is 757. The molecule has 1 aliphatic carbocycles. The molecular weight excluding hydrogens is 345 g/mol. The summed E-state index contributed by atoms with van der Waals surface area (Å²) >= 11 is 0. The Balaban J connectivity index is 1.73. The van der Waals surface area contributed by atoms with E-state index in [1.54, 1.807) is 4.90 Å². The molecule has 2 fully saturated rings. The van der Waals surface area contributed by atoms with Gasteiger partial charge in [0.1, 0.15) is 4.90 Å². The maximum Gasteiger partial charge on any atom is 0.246 e. The van der Waals surface area contributed by atoms with E-state index in [9.17, 15) is 26.4 Å². The van der Waals surface area contributed by atoms with E-state index in [1.165, 1.54) is 0 Å². The van der Waals surface area contributed by atoms with E-state index < -0.39 is 32.4 Å². The molecule has 2 aliphatic rings. The normalized spacial score (nSPS) is 20.0. The van der Waals surface area contributed by atoms with Gasteiger partial charge in [0, 0.05) is 32.1 Å². The lowest BCUT2D eigenvalue weighted by atomic mass is 9.84. The number of halogens is 3. The van der Waals surface area contributed by atoms with Gasteiger partial charge in [0.05, 0.1) is 0 Å². The highest BCUT2D eigenvalue weighted by atomic mass is 32.2. The largest absolute Gasteiger partial charge is 0.340 e. The number of hydrogen-bond acceptors (Lipinski definition) is 3. The van der Waals surface area contributed by atoms with Gasteiger partial charge < -0.3 is 4.90 Å². The Morgan fingerprint density at radius 2 is 1.62 bits per heavy atom. The van der Waals surface area contributed by atoms with Crippen LogP contribution >= 0.6 is 0 Å². The second kappa shape index (κ2) is 6.36. The van der Waals surface area contributed by atoms with Crippen molar-refractivity contribution < 1.29 is 26.4 Å². The SMILES string of the molecule is O=C(C1CCC1)N1CCN(S(=O)(=O)c2ccc(F)c(F)c2F)CC1. The first kappa shape index (κ1) is 17.2. The maximum atomic E-state index is 13.8. The summed E-state index contributed by atoms with van der Waals surface area (Å²) in [6, 6.07) is 1.30. The molecule has 1 heterocycles. The molecule has 0 N–H and O–H groups in total. The van der Waals surface area contributed by atoms with Crippen molar-refractivity contribution in [2.75, 3.05) is 26.2 Å².